The number of aryl methyl sites for hydroxylation is 1. The van der Waals surface area contributed by atoms with Gasteiger partial charge in [-0.05, 0) is 62.4 Å². The molecule has 0 unspecified atom stereocenters. The molecule has 0 aliphatic heterocycles. The predicted molar refractivity (Wildman–Crippen MR) is 147 cm³/mol. The number of benzene rings is 2. The molecule has 0 bridgehead atoms. The lowest BCUT2D eigenvalue weighted by atomic mass is 9.86. The lowest BCUT2D eigenvalue weighted by Crippen LogP contribution is -2.32. The van der Waals surface area contributed by atoms with Crippen LogP contribution in [0.15, 0.2) is 77.9 Å². The van der Waals surface area contributed by atoms with Crippen molar-refractivity contribution in [3.63, 3.8) is 0 Å². The summed E-state index contributed by atoms with van der Waals surface area (Å²) in [5.74, 6) is 6.74. The van der Waals surface area contributed by atoms with Gasteiger partial charge in [-0.3, -0.25) is 14.2 Å². The number of carbonyl (C=O) groups is 1. The number of pyridine rings is 1. The maximum atomic E-state index is 14.1. The Morgan fingerprint density at radius 1 is 1.11 bits per heavy atom. The number of amides is 1. The summed E-state index contributed by atoms with van der Waals surface area (Å²) >= 11 is 0. The van der Waals surface area contributed by atoms with Crippen LogP contribution in [0.4, 0.5) is 0 Å². The number of nitrogens with one attached hydrogen (secondary N) is 1. The fourth-order valence-electron chi connectivity index (χ4n) is 4.99. The summed E-state index contributed by atoms with van der Waals surface area (Å²) in [5, 5.41) is 8.88. The van der Waals surface area contributed by atoms with Gasteiger partial charge in [0.25, 0.3) is 11.5 Å². The Morgan fingerprint density at radius 3 is 2.68 bits per heavy atom. The summed E-state index contributed by atoms with van der Waals surface area (Å²) in [6.45, 7) is 3.67. The summed E-state index contributed by atoms with van der Waals surface area (Å²) in [7, 11) is 0. The maximum absolute atomic E-state index is 14.1. The highest BCUT2D eigenvalue weighted by atomic mass is 16.2. The van der Waals surface area contributed by atoms with Crippen molar-refractivity contribution in [2.24, 2.45) is 5.92 Å². The third kappa shape index (κ3) is 4.14. The molecular formula is C31H27N5O2. The number of para-hydroxylation sites is 1. The fourth-order valence-corrected chi connectivity index (χ4v) is 4.99. The second kappa shape index (κ2) is 9.64. The van der Waals surface area contributed by atoms with Crippen molar-refractivity contribution in [3.8, 4) is 17.5 Å². The van der Waals surface area contributed by atoms with Crippen LogP contribution < -0.4 is 10.9 Å². The third-order valence-corrected chi connectivity index (χ3v) is 7.19. The van der Waals surface area contributed by atoms with Gasteiger partial charge in [0.15, 0.2) is 5.65 Å². The SMILES string of the molecule is Cc1nn2cccnc2c1C(=O)N[C@@H](C)c1cc2cccc(C#CC3CCC3)c2c(=O)n1-c1ccccc1. The van der Waals surface area contributed by atoms with E-state index in [0.29, 0.717) is 33.9 Å². The first-order chi connectivity index (χ1) is 18.5. The van der Waals surface area contributed by atoms with Crippen LogP contribution in [0.3, 0.4) is 0 Å². The molecule has 7 nitrogen and oxygen atoms in total. The van der Waals surface area contributed by atoms with Crippen LogP contribution in [0.1, 0.15) is 59.5 Å². The fraction of sp³-hybridized carbons (Fsp3) is 0.226. The number of fused-ring (bicyclic) bond motifs is 2. The highest BCUT2D eigenvalue weighted by Crippen LogP contribution is 2.27. The van der Waals surface area contributed by atoms with Gasteiger partial charge >= 0.3 is 0 Å². The Bertz CT molecular complexity index is 1800. The molecule has 188 valence electrons. The number of hydrogen-bond donors (Lipinski definition) is 1. The first-order valence-corrected chi connectivity index (χ1v) is 12.9. The second-order valence-electron chi connectivity index (χ2n) is 9.76. The average Bonchev–Trinajstić information content (AvgIpc) is 3.23. The van der Waals surface area contributed by atoms with Gasteiger partial charge in [-0.1, -0.05) is 48.6 Å². The minimum absolute atomic E-state index is 0.155. The lowest BCUT2D eigenvalue weighted by Gasteiger charge is -2.21. The van der Waals surface area contributed by atoms with Crippen molar-refractivity contribution in [1.29, 1.82) is 0 Å². The van der Waals surface area contributed by atoms with Crippen LogP contribution in [-0.2, 0) is 0 Å². The first kappa shape index (κ1) is 23.7. The first-order valence-electron chi connectivity index (χ1n) is 12.9. The molecule has 3 aromatic heterocycles. The molecule has 0 radical (unpaired) electrons. The van der Waals surface area contributed by atoms with Gasteiger partial charge in [-0.25, -0.2) is 9.50 Å². The summed E-state index contributed by atoms with van der Waals surface area (Å²) in [4.78, 5) is 31.9. The van der Waals surface area contributed by atoms with Crippen molar-refractivity contribution < 1.29 is 4.79 Å². The number of nitrogens with zero attached hydrogens (tertiary/aromatic N) is 4. The van der Waals surface area contributed by atoms with Crippen molar-refractivity contribution >= 4 is 22.3 Å². The second-order valence-corrected chi connectivity index (χ2v) is 9.76. The van der Waals surface area contributed by atoms with Crippen molar-refractivity contribution in [1.82, 2.24) is 24.5 Å². The van der Waals surface area contributed by atoms with Crippen molar-refractivity contribution in [2.75, 3.05) is 0 Å². The number of aromatic nitrogens is 4. The average molecular weight is 502 g/mol. The molecule has 0 spiro atoms. The van der Waals surface area contributed by atoms with E-state index in [1.807, 2.05) is 61.5 Å². The number of rotatable bonds is 4. The van der Waals surface area contributed by atoms with E-state index in [1.165, 1.54) is 6.42 Å². The quantitative estimate of drug-likeness (QED) is 0.352. The van der Waals surface area contributed by atoms with Gasteiger partial charge in [0, 0.05) is 35.3 Å². The van der Waals surface area contributed by atoms with E-state index >= 15 is 0 Å². The van der Waals surface area contributed by atoms with Gasteiger partial charge < -0.3 is 5.32 Å². The summed E-state index contributed by atoms with van der Waals surface area (Å²) in [5.41, 5.74) is 3.47. The zero-order chi connectivity index (χ0) is 26.2. The molecule has 3 heterocycles. The Hall–Kier alpha value is -4.70. The molecule has 1 saturated carbocycles. The molecule has 1 atom stereocenters. The van der Waals surface area contributed by atoms with E-state index in [4.69, 9.17) is 0 Å². The van der Waals surface area contributed by atoms with Gasteiger partial charge in [-0.15, -0.1) is 0 Å². The van der Waals surface area contributed by atoms with Crippen LogP contribution in [0.2, 0.25) is 0 Å². The number of hydrogen-bond acceptors (Lipinski definition) is 4. The molecule has 1 N–H and O–H groups in total. The van der Waals surface area contributed by atoms with Crippen LogP contribution in [0.5, 0.6) is 0 Å². The lowest BCUT2D eigenvalue weighted by molar-refractivity contribution is 0.0939. The van der Waals surface area contributed by atoms with Crippen molar-refractivity contribution in [2.45, 2.75) is 39.2 Å². The number of carbonyl (C=O) groups excluding carboxylic acids is 1. The summed E-state index contributed by atoms with van der Waals surface area (Å²) in [6.07, 6.45) is 6.85. The minimum atomic E-state index is -0.484. The van der Waals surface area contributed by atoms with E-state index in [1.54, 1.807) is 34.5 Å². The van der Waals surface area contributed by atoms with Gasteiger partial charge in [0.05, 0.1) is 17.1 Å². The largest absolute Gasteiger partial charge is 0.344 e. The van der Waals surface area contributed by atoms with Crippen molar-refractivity contribution in [3.05, 3.63) is 106 Å². The predicted octanol–water partition coefficient (Wildman–Crippen LogP) is 4.98. The van der Waals surface area contributed by atoms with E-state index in [-0.39, 0.29) is 11.5 Å². The van der Waals surface area contributed by atoms with Crippen LogP contribution in [0, 0.1) is 24.7 Å². The van der Waals surface area contributed by atoms with Gasteiger partial charge in [0.1, 0.15) is 5.56 Å². The molecule has 1 aliphatic carbocycles. The molecule has 2 aromatic carbocycles. The molecule has 38 heavy (non-hydrogen) atoms. The molecule has 5 aromatic rings. The van der Waals surface area contributed by atoms with Gasteiger partial charge in [-0.2, -0.15) is 5.10 Å². The zero-order valence-corrected chi connectivity index (χ0v) is 21.3. The molecule has 0 saturated heterocycles. The highest BCUT2D eigenvalue weighted by molar-refractivity contribution is 6.01. The molecule has 7 heteroatoms. The van der Waals surface area contributed by atoms with E-state index < -0.39 is 6.04 Å². The smallest absolute Gasteiger partial charge is 0.264 e. The minimum Gasteiger partial charge on any atom is -0.344 e. The Morgan fingerprint density at radius 2 is 1.92 bits per heavy atom. The maximum Gasteiger partial charge on any atom is 0.264 e. The highest BCUT2D eigenvalue weighted by Gasteiger charge is 2.23. The van der Waals surface area contributed by atoms with E-state index in [2.05, 4.69) is 27.2 Å². The molecule has 1 fully saturated rings. The van der Waals surface area contributed by atoms with E-state index in [9.17, 15) is 9.59 Å². The molecular weight excluding hydrogens is 474 g/mol. The molecule has 1 amide bonds. The molecule has 1 aliphatic rings. The Labute approximate surface area is 220 Å². The monoisotopic (exact) mass is 501 g/mol. The van der Waals surface area contributed by atoms with E-state index in [0.717, 1.165) is 29.5 Å². The van der Waals surface area contributed by atoms with Crippen LogP contribution in [-0.4, -0.2) is 25.1 Å². The topological polar surface area (TPSA) is 81.3 Å². The normalized spacial score (nSPS) is 14.1. The Balaban J connectivity index is 1.47. The molecule has 6 rings (SSSR count). The summed E-state index contributed by atoms with van der Waals surface area (Å²) < 4.78 is 3.28. The van der Waals surface area contributed by atoms with Crippen LogP contribution in [0.25, 0.3) is 22.1 Å². The Kier molecular flexibility index (Phi) is 6.01. The summed E-state index contributed by atoms with van der Waals surface area (Å²) in [6, 6.07) is 18.5. The zero-order valence-electron chi connectivity index (χ0n) is 21.3. The van der Waals surface area contributed by atoms with Crippen LogP contribution >= 0.6 is 0 Å². The standard InChI is InChI=1S/C31H27N5O2/c1-20(33-30(37)27-21(2)34-35-18-8-17-32-29(27)35)26-19-24-12-7-11-23(16-15-22-9-6-10-22)28(24)31(38)36(26)25-13-4-3-5-14-25/h3-5,7-8,11-14,17-20,22H,6,9-10H2,1-2H3,(H,33,37)/t20-/m0/s1. The third-order valence-electron chi connectivity index (χ3n) is 7.19. The van der Waals surface area contributed by atoms with Gasteiger partial charge in [0.2, 0.25) is 0 Å².